The van der Waals surface area contributed by atoms with E-state index >= 15 is 0 Å². The number of pyridine rings is 1. The van der Waals surface area contributed by atoms with Crippen LogP contribution < -0.4 is 5.43 Å². The zero-order valence-corrected chi connectivity index (χ0v) is 28.2. The van der Waals surface area contributed by atoms with E-state index in [1.807, 2.05) is 26.0 Å². The summed E-state index contributed by atoms with van der Waals surface area (Å²) in [6.07, 6.45) is 11.5. The molecule has 4 aliphatic rings. The maximum absolute atomic E-state index is 14.0. The first kappa shape index (κ1) is 33.5. The predicted molar refractivity (Wildman–Crippen MR) is 175 cm³/mol. The lowest BCUT2D eigenvalue weighted by Gasteiger charge is -2.69. The summed E-state index contributed by atoms with van der Waals surface area (Å²) in [5, 5.41) is 27.2. The Morgan fingerprint density at radius 3 is 2.44 bits per heavy atom. The zero-order valence-electron chi connectivity index (χ0n) is 28.2. The first-order valence-corrected chi connectivity index (χ1v) is 16.9. The Morgan fingerprint density at radius 1 is 1.07 bits per heavy atom. The molecule has 5 rings (SSSR count). The van der Waals surface area contributed by atoms with Crippen molar-refractivity contribution in [1.82, 2.24) is 10.4 Å². The smallest absolute Gasteiger partial charge is 0.303 e. The molecule has 1 amide bonds. The highest BCUT2D eigenvalue weighted by Crippen LogP contribution is 2.74. The second-order valence-corrected chi connectivity index (χ2v) is 15.3. The lowest BCUT2D eigenvalue weighted by Crippen LogP contribution is -2.65. The predicted octanol–water partition coefficient (Wildman–Crippen LogP) is 6.13. The van der Waals surface area contributed by atoms with Gasteiger partial charge in [0.25, 0.3) is 5.91 Å². The van der Waals surface area contributed by atoms with E-state index in [-0.39, 0.29) is 52.0 Å². The average Bonchev–Trinajstić information content (AvgIpc) is 3.24. The lowest BCUT2D eigenvalue weighted by molar-refractivity contribution is -0.234. The fraction of sp³-hybridized carbons (Fsp3) is 0.676. The minimum atomic E-state index is -0.568. The van der Waals surface area contributed by atoms with E-state index in [9.17, 15) is 19.8 Å². The number of allylic oxidation sites excluding steroid dienone is 2. The van der Waals surface area contributed by atoms with Gasteiger partial charge in [0.15, 0.2) is 0 Å². The second-order valence-electron chi connectivity index (χ2n) is 15.3. The molecule has 0 radical (unpaired) electrons. The van der Waals surface area contributed by atoms with Gasteiger partial charge >= 0.3 is 5.97 Å². The molecule has 1 aromatic heterocycles. The van der Waals surface area contributed by atoms with Crippen molar-refractivity contribution in [3.05, 3.63) is 52.9 Å². The molecule has 4 saturated carbocycles. The molecule has 1 aromatic rings. The van der Waals surface area contributed by atoms with Gasteiger partial charge in [0.2, 0.25) is 0 Å². The Hall–Kier alpha value is -2.84. The molecule has 3 N–H and O–H groups in total. The molecular weight excluding hydrogens is 566 g/mol. The van der Waals surface area contributed by atoms with Gasteiger partial charge in [0.1, 0.15) is 6.10 Å². The summed E-state index contributed by atoms with van der Waals surface area (Å²) < 4.78 is 6.08. The summed E-state index contributed by atoms with van der Waals surface area (Å²) in [6.45, 7) is 14.7. The molecule has 0 spiro atoms. The number of nitrogens with one attached hydrogen (secondary N) is 1. The van der Waals surface area contributed by atoms with Gasteiger partial charge in [-0.2, -0.15) is 5.10 Å². The van der Waals surface area contributed by atoms with Crippen LogP contribution in [0.1, 0.15) is 105 Å². The van der Waals surface area contributed by atoms with E-state index in [2.05, 4.69) is 49.3 Å². The largest absolute Gasteiger partial charge is 0.458 e. The number of aliphatic hydroxyl groups excluding tert-OH is 2. The normalized spacial score (nSPS) is 40.2. The van der Waals surface area contributed by atoms with Crippen molar-refractivity contribution in [2.24, 2.45) is 45.0 Å². The van der Waals surface area contributed by atoms with Crippen LogP contribution in [0.2, 0.25) is 0 Å². The van der Waals surface area contributed by atoms with Crippen molar-refractivity contribution in [2.75, 3.05) is 0 Å². The molecular formula is C37H53N3O5. The Morgan fingerprint density at radius 2 is 1.78 bits per heavy atom. The number of hydrogen-bond donors (Lipinski definition) is 3. The number of nitrogens with zero attached hydrogens (tertiary/aromatic N) is 2. The number of hydrazone groups is 1. The van der Waals surface area contributed by atoms with Gasteiger partial charge in [0, 0.05) is 24.9 Å². The minimum absolute atomic E-state index is 0.0465. The van der Waals surface area contributed by atoms with E-state index in [1.165, 1.54) is 12.5 Å². The summed E-state index contributed by atoms with van der Waals surface area (Å²) in [7, 11) is 0. The van der Waals surface area contributed by atoms with Gasteiger partial charge in [-0.15, -0.1) is 0 Å². The fourth-order valence-corrected chi connectivity index (χ4v) is 10.5. The third-order valence-electron chi connectivity index (χ3n) is 12.7. The van der Waals surface area contributed by atoms with E-state index < -0.39 is 12.2 Å². The summed E-state index contributed by atoms with van der Waals surface area (Å²) in [5.41, 5.74) is 5.55. The number of fused-ring (bicyclic) bond motifs is 5. The topological polar surface area (TPSA) is 121 Å². The molecule has 1 unspecified atom stereocenters. The molecule has 45 heavy (non-hydrogen) atoms. The first-order valence-electron chi connectivity index (χ1n) is 16.9. The number of esters is 1. The van der Waals surface area contributed by atoms with Gasteiger partial charge in [-0.1, -0.05) is 39.3 Å². The maximum Gasteiger partial charge on any atom is 0.303 e. The third kappa shape index (κ3) is 5.93. The molecule has 4 fully saturated rings. The molecule has 0 saturated heterocycles. The number of aromatic nitrogens is 1. The quantitative estimate of drug-likeness (QED) is 0.111. The van der Waals surface area contributed by atoms with Crippen molar-refractivity contribution < 1.29 is 24.5 Å². The second kappa shape index (κ2) is 12.7. The van der Waals surface area contributed by atoms with Crippen LogP contribution in [-0.2, 0) is 14.3 Å². The summed E-state index contributed by atoms with van der Waals surface area (Å²) in [6, 6.07) is 3.62. The van der Waals surface area contributed by atoms with E-state index in [4.69, 9.17) is 4.74 Å². The van der Waals surface area contributed by atoms with Crippen LogP contribution in [-0.4, -0.2) is 51.6 Å². The standard InChI is InChI=1S/C37H53N3O5/c1-22(2)9-8-10-26(34(44)40-39-21-25-13-17-38-18-14-25)32-28-19-30(43)33-35(5)15-12-29(42)23(3)27(35)11-16-36(33,6)37(28,7)20-31(32)45-24(4)41/h9,13-14,17-18,21,23,27-31,33,42-43H,8,10-12,15-16,19-20H2,1-7H3,(H,40,44)/b32-26-,39-21+/t23-,27-,28-,29+,30+,31-,33?,35-,36-,37-/m0/s1. The molecule has 10 atom stereocenters. The molecule has 4 aliphatic carbocycles. The highest BCUT2D eigenvalue weighted by molar-refractivity contribution is 5.95. The number of carbonyl (C=O) groups is 2. The highest BCUT2D eigenvalue weighted by atomic mass is 16.5. The highest BCUT2D eigenvalue weighted by Gasteiger charge is 2.70. The number of carbonyl (C=O) groups excluding carboxylic acids is 2. The van der Waals surface area contributed by atoms with E-state index in [1.54, 1.807) is 18.6 Å². The van der Waals surface area contributed by atoms with Crippen molar-refractivity contribution >= 4 is 18.1 Å². The SMILES string of the molecule is CC(=O)O[C@H]1C[C@@]2(C)[C@@H](C[C@@H](O)C3[C@]2(C)CC[C@H]2[C@H](C)[C@H](O)CC[C@]32C)/C1=C(\CCC=C(C)C)C(=O)N/N=C/c1ccncc1. The van der Waals surface area contributed by atoms with Gasteiger partial charge in [-0.25, -0.2) is 5.43 Å². The number of aliphatic hydroxyl groups is 2. The van der Waals surface area contributed by atoms with Gasteiger partial charge in [-0.3, -0.25) is 14.6 Å². The van der Waals surface area contributed by atoms with Gasteiger partial charge in [-0.05, 0) is 128 Å². The Kier molecular flexibility index (Phi) is 9.50. The molecule has 0 aromatic carbocycles. The number of hydrogen-bond acceptors (Lipinski definition) is 7. The molecule has 0 aliphatic heterocycles. The molecule has 8 nitrogen and oxygen atoms in total. The van der Waals surface area contributed by atoms with Crippen molar-refractivity contribution in [2.45, 2.75) is 118 Å². The Balaban J connectivity index is 1.58. The van der Waals surface area contributed by atoms with Gasteiger partial charge < -0.3 is 14.9 Å². The fourth-order valence-electron chi connectivity index (χ4n) is 10.5. The average molecular weight is 620 g/mol. The van der Waals surface area contributed by atoms with Crippen LogP contribution in [0.4, 0.5) is 0 Å². The van der Waals surface area contributed by atoms with Crippen molar-refractivity contribution in [3.63, 3.8) is 0 Å². The van der Waals surface area contributed by atoms with E-state index in [0.717, 1.165) is 36.8 Å². The molecule has 246 valence electrons. The van der Waals surface area contributed by atoms with Crippen LogP contribution >= 0.6 is 0 Å². The number of amides is 1. The number of rotatable bonds is 7. The Bertz CT molecular complexity index is 1370. The molecule has 8 heteroatoms. The third-order valence-corrected chi connectivity index (χ3v) is 12.7. The van der Waals surface area contributed by atoms with Crippen molar-refractivity contribution in [1.29, 1.82) is 0 Å². The Labute approximate surface area is 268 Å². The van der Waals surface area contributed by atoms with Crippen LogP contribution in [0.5, 0.6) is 0 Å². The first-order chi connectivity index (χ1) is 21.2. The molecule has 0 bridgehead atoms. The summed E-state index contributed by atoms with van der Waals surface area (Å²) in [4.78, 5) is 30.6. The van der Waals surface area contributed by atoms with Crippen LogP contribution in [0.3, 0.4) is 0 Å². The monoisotopic (exact) mass is 619 g/mol. The van der Waals surface area contributed by atoms with Crippen LogP contribution in [0, 0.1) is 39.9 Å². The number of ether oxygens (including phenoxy) is 1. The summed E-state index contributed by atoms with van der Waals surface area (Å²) in [5.74, 6) is -0.207. The van der Waals surface area contributed by atoms with Crippen LogP contribution in [0.25, 0.3) is 0 Å². The van der Waals surface area contributed by atoms with Crippen molar-refractivity contribution in [3.8, 4) is 0 Å². The lowest BCUT2D eigenvalue weighted by atomic mass is 9.36. The summed E-state index contributed by atoms with van der Waals surface area (Å²) >= 11 is 0. The minimum Gasteiger partial charge on any atom is -0.458 e. The van der Waals surface area contributed by atoms with E-state index in [0.29, 0.717) is 37.2 Å². The van der Waals surface area contributed by atoms with Gasteiger partial charge in [0.05, 0.1) is 18.4 Å². The molecule has 1 heterocycles. The zero-order chi connectivity index (χ0) is 32.7. The maximum atomic E-state index is 14.0. The van der Waals surface area contributed by atoms with Crippen LogP contribution in [0.15, 0.2) is 52.4 Å².